The minimum Gasteiger partial charge on any atom is -0.508 e. The molecule has 2 heterocycles. The van der Waals surface area contributed by atoms with E-state index in [1.54, 1.807) is 6.07 Å². The Bertz CT molecular complexity index is 870. The maximum Gasteiger partial charge on any atom is 0.144 e. The number of aromatic hydroxyl groups is 1. The number of ether oxygens (including phenoxy) is 1. The molecule has 4 rings (SSSR count). The molecule has 26 heavy (non-hydrogen) atoms. The van der Waals surface area contributed by atoms with E-state index >= 15 is 0 Å². The lowest BCUT2D eigenvalue weighted by Crippen LogP contribution is -2.35. The number of hydrogen-bond acceptors (Lipinski definition) is 4. The van der Waals surface area contributed by atoms with Gasteiger partial charge in [0.25, 0.3) is 0 Å². The molecule has 136 valence electrons. The lowest BCUT2D eigenvalue weighted by Gasteiger charge is -2.31. The highest BCUT2D eigenvalue weighted by Crippen LogP contribution is 2.36. The van der Waals surface area contributed by atoms with E-state index in [0.717, 1.165) is 52.8 Å². The third kappa shape index (κ3) is 3.63. The summed E-state index contributed by atoms with van der Waals surface area (Å²) < 4.78 is 7.38. The number of halogens is 1. The van der Waals surface area contributed by atoms with Crippen molar-refractivity contribution in [3.8, 4) is 5.75 Å². The summed E-state index contributed by atoms with van der Waals surface area (Å²) in [6.07, 6.45) is 1.65. The van der Waals surface area contributed by atoms with E-state index in [1.807, 2.05) is 36.4 Å². The number of piperidine rings is 1. The average molecular weight is 416 g/mol. The molecule has 1 atom stereocenters. The molecule has 1 aliphatic heterocycles. The lowest BCUT2D eigenvalue weighted by atomic mass is 10.0. The SMILES string of the molecule is CN1CCC(OC(c2nc3ccccc3[nH]2)c2cc(Br)ccc2O)CC1. The predicted molar refractivity (Wildman–Crippen MR) is 105 cm³/mol. The Kier molecular flexibility index (Phi) is 4.98. The molecule has 1 saturated heterocycles. The summed E-state index contributed by atoms with van der Waals surface area (Å²) in [5.74, 6) is 0.935. The highest BCUT2D eigenvalue weighted by molar-refractivity contribution is 9.10. The smallest absolute Gasteiger partial charge is 0.144 e. The first-order valence-electron chi connectivity index (χ1n) is 8.87. The number of aromatic amines is 1. The van der Waals surface area contributed by atoms with Gasteiger partial charge in [-0.3, -0.25) is 0 Å². The zero-order chi connectivity index (χ0) is 18.1. The Morgan fingerprint density at radius 1 is 1.23 bits per heavy atom. The number of phenols is 1. The van der Waals surface area contributed by atoms with Crippen LogP contribution in [-0.4, -0.2) is 46.2 Å². The molecule has 1 fully saturated rings. The summed E-state index contributed by atoms with van der Waals surface area (Å²) in [5.41, 5.74) is 2.58. The van der Waals surface area contributed by atoms with Crippen LogP contribution in [0.4, 0.5) is 0 Å². The molecule has 0 spiro atoms. The summed E-state index contributed by atoms with van der Waals surface area (Å²) >= 11 is 3.50. The number of benzene rings is 2. The number of fused-ring (bicyclic) bond motifs is 1. The van der Waals surface area contributed by atoms with Crippen LogP contribution in [0.3, 0.4) is 0 Å². The Morgan fingerprint density at radius 3 is 2.77 bits per heavy atom. The van der Waals surface area contributed by atoms with Gasteiger partial charge in [-0.15, -0.1) is 0 Å². The van der Waals surface area contributed by atoms with Gasteiger partial charge < -0.3 is 19.7 Å². The molecule has 0 amide bonds. The molecule has 5 nitrogen and oxygen atoms in total. The molecule has 1 aromatic heterocycles. The third-order valence-corrected chi connectivity index (χ3v) is 5.42. The molecule has 1 aliphatic rings. The Balaban J connectivity index is 1.72. The second-order valence-electron chi connectivity index (χ2n) is 6.86. The van der Waals surface area contributed by atoms with E-state index < -0.39 is 6.10 Å². The molecule has 2 aromatic carbocycles. The quantitative estimate of drug-likeness (QED) is 0.668. The van der Waals surface area contributed by atoms with E-state index in [-0.39, 0.29) is 11.9 Å². The first kappa shape index (κ1) is 17.5. The van der Waals surface area contributed by atoms with Crippen molar-refractivity contribution < 1.29 is 9.84 Å². The third-order valence-electron chi connectivity index (χ3n) is 4.92. The number of aromatic nitrogens is 2. The van der Waals surface area contributed by atoms with Crippen molar-refractivity contribution in [2.24, 2.45) is 0 Å². The number of nitrogens with one attached hydrogen (secondary N) is 1. The van der Waals surface area contributed by atoms with Crippen molar-refractivity contribution in [3.05, 3.63) is 58.3 Å². The Labute approximate surface area is 161 Å². The van der Waals surface area contributed by atoms with Gasteiger partial charge in [-0.25, -0.2) is 4.98 Å². The first-order valence-corrected chi connectivity index (χ1v) is 9.66. The number of nitrogens with zero attached hydrogens (tertiary/aromatic N) is 2. The van der Waals surface area contributed by atoms with E-state index in [0.29, 0.717) is 0 Å². The maximum atomic E-state index is 10.5. The second kappa shape index (κ2) is 7.39. The van der Waals surface area contributed by atoms with Crippen molar-refractivity contribution in [3.63, 3.8) is 0 Å². The molecule has 0 aliphatic carbocycles. The van der Waals surface area contributed by atoms with Crippen molar-refractivity contribution in [1.29, 1.82) is 0 Å². The standard InChI is InChI=1S/C20H22BrN3O2/c1-24-10-8-14(9-11-24)26-19(15-12-13(21)6-7-18(15)25)20-22-16-4-2-3-5-17(16)23-20/h2-7,12,14,19,25H,8-11H2,1H3,(H,22,23). The van der Waals surface area contributed by atoms with E-state index in [1.165, 1.54) is 0 Å². The van der Waals surface area contributed by atoms with Gasteiger partial charge >= 0.3 is 0 Å². The molecular formula is C20H22BrN3O2. The zero-order valence-corrected chi connectivity index (χ0v) is 16.2. The van der Waals surface area contributed by atoms with Gasteiger partial charge in [0.05, 0.1) is 17.1 Å². The number of phenolic OH excluding ortho intramolecular Hbond substituents is 1. The summed E-state index contributed by atoms with van der Waals surface area (Å²) in [6.45, 7) is 2.03. The van der Waals surface area contributed by atoms with Crippen LogP contribution < -0.4 is 0 Å². The molecule has 6 heteroatoms. The van der Waals surface area contributed by atoms with Gasteiger partial charge in [0.1, 0.15) is 17.7 Å². The summed E-state index contributed by atoms with van der Waals surface area (Å²) in [4.78, 5) is 10.4. The largest absolute Gasteiger partial charge is 0.508 e. The van der Waals surface area contributed by atoms with Gasteiger partial charge in [0.2, 0.25) is 0 Å². The monoisotopic (exact) mass is 415 g/mol. The molecule has 1 unspecified atom stereocenters. The van der Waals surface area contributed by atoms with Crippen molar-refractivity contribution in [2.45, 2.75) is 25.0 Å². The fourth-order valence-corrected chi connectivity index (χ4v) is 3.81. The number of para-hydroxylation sites is 2. The molecule has 0 saturated carbocycles. The van der Waals surface area contributed by atoms with Gasteiger partial charge in [0, 0.05) is 23.1 Å². The zero-order valence-electron chi connectivity index (χ0n) is 14.7. The van der Waals surface area contributed by atoms with Crippen LogP contribution in [0.15, 0.2) is 46.9 Å². The minimum absolute atomic E-state index is 0.141. The molecule has 2 N–H and O–H groups in total. The predicted octanol–water partition coefficient (Wildman–Crippen LogP) is 4.23. The number of hydrogen-bond donors (Lipinski definition) is 2. The first-order chi connectivity index (χ1) is 12.6. The van der Waals surface area contributed by atoms with Gasteiger partial charge in [-0.1, -0.05) is 28.1 Å². The maximum absolute atomic E-state index is 10.5. The molecule has 0 bridgehead atoms. The fourth-order valence-electron chi connectivity index (χ4n) is 3.43. The topological polar surface area (TPSA) is 61.4 Å². The van der Waals surface area contributed by atoms with Crippen LogP contribution in [-0.2, 0) is 4.74 Å². The highest BCUT2D eigenvalue weighted by atomic mass is 79.9. The average Bonchev–Trinajstić information content (AvgIpc) is 3.07. The minimum atomic E-state index is -0.437. The Hall–Kier alpha value is -1.89. The number of likely N-dealkylation sites (tertiary alicyclic amines) is 1. The molecule has 3 aromatic rings. The summed E-state index contributed by atoms with van der Waals surface area (Å²) in [5, 5.41) is 10.5. The van der Waals surface area contributed by atoms with Gasteiger partial charge in [0.15, 0.2) is 0 Å². The number of H-pyrrole nitrogens is 1. The van der Waals surface area contributed by atoms with E-state index in [9.17, 15) is 5.11 Å². The van der Waals surface area contributed by atoms with Crippen LogP contribution in [0.25, 0.3) is 11.0 Å². The van der Waals surface area contributed by atoms with Gasteiger partial charge in [-0.2, -0.15) is 0 Å². The van der Waals surface area contributed by atoms with E-state index in [2.05, 4.69) is 32.9 Å². The van der Waals surface area contributed by atoms with Crippen LogP contribution in [0.1, 0.15) is 30.3 Å². The Morgan fingerprint density at radius 2 is 2.00 bits per heavy atom. The second-order valence-corrected chi connectivity index (χ2v) is 7.78. The van der Waals surface area contributed by atoms with Crippen LogP contribution >= 0.6 is 15.9 Å². The normalized spacial score (nSPS) is 17.6. The van der Waals surface area contributed by atoms with Crippen LogP contribution in [0.2, 0.25) is 0 Å². The van der Waals surface area contributed by atoms with Crippen molar-refractivity contribution in [2.75, 3.05) is 20.1 Å². The number of rotatable bonds is 4. The van der Waals surface area contributed by atoms with E-state index in [4.69, 9.17) is 9.72 Å². The molecular weight excluding hydrogens is 394 g/mol. The molecule has 0 radical (unpaired) electrons. The van der Waals surface area contributed by atoms with Gasteiger partial charge in [-0.05, 0) is 50.2 Å². The summed E-state index contributed by atoms with van der Waals surface area (Å²) in [7, 11) is 2.13. The van der Waals surface area contributed by atoms with Crippen LogP contribution in [0.5, 0.6) is 5.75 Å². The van der Waals surface area contributed by atoms with Crippen LogP contribution in [0, 0.1) is 0 Å². The summed E-state index contributed by atoms with van der Waals surface area (Å²) in [6, 6.07) is 13.3. The van der Waals surface area contributed by atoms with Crippen molar-refractivity contribution >= 4 is 27.0 Å². The lowest BCUT2D eigenvalue weighted by molar-refractivity contribution is -0.0271. The number of imidazole rings is 1. The fraction of sp³-hybridized carbons (Fsp3) is 0.350. The van der Waals surface area contributed by atoms with Crippen molar-refractivity contribution in [1.82, 2.24) is 14.9 Å². The highest BCUT2D eigenvalue weighted by Gasteiger charge is 2.27.